The van der Waals surface area contributed by atoms with E-state index in [1.54, 1.807) is 36.9 Å². The van der Waals surface area contributed by atoms with E-state index in [9.17, 15) is 4.39 Å². The number of nitrogens with one attached hydrogen (secondary N) is 1. The van der Waals surface area contributed by atoms with Gasteiger partial charge in [0.05, 0.1) is 11.3 Å². The molecule has 0 radical (unpaired) electrons. The zero-order valence-corrected chi connectivity index (χ0v) is 11.3. The van der Waals surface area contributed by atoms with Gasteiger partial charge < -0.3 is 9.73 Å². The van der Waals surface area contributed by atoms with Crippen LogP contribution in [0.15, 0.2) is 59.5 Å². The van der Waals surface area contributed by atoms with Gasteiger partial charge in [-0.1, -0.05) is 12.1 Å². The van der Waals surface area contributed by atoms with Crippen molar-refractivity contribution in [3.05, 3.63) is 72.1 Å². The third-order valence-corrected chi connectivity index (χ3v) is 3.04. The summed E-state index contributed by atoms with van der Waals surface area (Å²) in [7, 11) is 0. The maximum atomic E-state index is 13.6. The van der Waals surface area contributed by atoms with Gasteiger partial charge in [-0.05, 0) is 29.8 Å². The van der Waals surface area contributed by atoms with E-state index in [4.69, 9.17) is 4.42 Å². The second-order valence-electron chi connectivity index (χ2n) is 4.58. The molecule has 4 nitrogen and oxygen atoms in total. The molecule has 1 N–H and O–H groups in total. The lowest BCUT2D eigenvalue weighted by atomic mass is 10.2. The molecule has 1 aromatic carbocycles. The van der Waals surface area contributed by atoms with Gasteiger partial charge in [-0.2, -0.15) is 0 Å². The topological polar surface area (TPSA) is 51.0 Å². The molecular weight excluding hydrogens is 269 g/mol. The maximum Gasteiger partial charge on any atom is 0.229 e. The van der Waals surface area contributed by atoms with Crippen LogP contribution in [-0.2, 0) is 13.1 Å². The molecule has 3 rings (SSSR count). The third-order valence-electron chi connectivity index (χ3n) is 3.04. The number of rotatable bonds is 5. The summed E-state index contributed by atoms with van der Waals surface area (Å²) in [5.41, 5.74) is 2.25. The second kappa shape index (κ2) is 6.28. The predicted octanol–water partition coefficient (Wildman–Crippen LogP) is 3.17. The number of halogens is 1. The Morgan fingerprint density at radius 3 is 2.67 bits per heavy atom. The van der Waals surface area contributed by atoms with Crippen LogP contribution in [0.1, 0.15) is 11.3 Å². The van der Waals surface area contributed by atoms with E-state index in [0.29, 0.717) is 24.5 Å². The van der Waals surface area contributed by atoms with Crippen molar-refractivity contribution in [2.75, 3.05) is 0 Å². The van der Waals surface area contributed by atoms with Crippen molar-refractivity contribution in [1.29, 1.82) is 0 Å². The van der Waals surface area contributed by atoms with Gasteiger partial charge in [0.15, 0.2) is 0 Å². The Balaban J connectivity index is 1.62. The van der Waals surface area contributed by atoms with Gasteiger partial charge in [-0.3, -0.25) is 4.98 Å². The van der Waals surface area contributed by atoms with Gasteiger partial charge in [-0.15, -0.1) is 0 Å². The third kappa shape index (κ3) is 3.32. The largest absolute Gasteiger partial charge is 0.444 e. The highest BCUT2D eigenvalue weighted by Crippen LogP contribution is 2.21. The van der Waals surface area contributed by atoms with Gasteiger partial charge >= 0.3 is 0 Å². The average molecular weight is 283 g/mol. The van der Waals surface area contributed by atoms with Crippen molar-refractivity contribution in [1.82, 2.24) is 15.3 Å². The summed E-state index contributed by atoms with van der Waals surface area (Å²) < 4.78 is 19.0. The van der Waals surface area contributed by atoms with E-state index in [-0.39, 0.29) is 5.82 Å². The fourth-order valence-electron chi connectivity index (χ4n) is 1.98. The normalized spacial score (nSPS) is 10.7. The van der Waals surface area contributed by atoms with Crippen molar-refractivity contribution < 1.29 is 8.81 Å². The highest BCUT2D eigenvalue weighted by Gasteiger charge is 2.10. The Morgan fingerprint density at radius 2 is 1.86 bits per heavy atom. The first-order valence-corrected chi connectivity index (χ1v) is 6.62. The summed E-state index contributed by atoms with van der Waals surface area (Å²) in [6.45, 7) is 1.27. The van der Waals surface area contributed by atoms with Gasteiger partial charge in [0.2, 0.25) is 5.89 Å². The monoisotopic (exact) mass is 283 g/mol. The zero-order chi connectivity index (χ0) is 14.5. The number of benzene rings is 1. The highest BCUT2D eigenvalue weighted by molar-refractivity contribution is 5.53. The minimum atomic E-state index is -0.337. The minimum absolute atomic E-state index is 0.300. The molecule has 0 bridgehead atoms. The summed E-state index contributed by atoms with van der Waals surface area (Å²) >= 11 is 0. The number of nitrogens with zero attached hydrogens (tertiary/aromatic N) is 2. The predicted molar refractivity (Wildman–Crippen MR) is 76.7 cm³/mol. The standard InChI is InChI=1S/C16H14FN3O/c17-15-4-2-1-3-14(15)16-20-13(11-21-16)10-19-9-12-5-7-18-8-6-12/h1-8,11,19H,9-10H2. The molecule has 0 saturated carbocycles. The van der Waals surface area contributed by atoms with Gasteiger partial charge in [-0.25, -0.2) is 9.37 Å². The first-order valence-electron chi connectivity index (χ1n) is 6.62. The number of hydrogen-bond acceptors (Lipinski definition) is 4. The molecule has 5 heteroatoms. The molecule has 0 saturated heterocycles. The molecule has 0 aliphatic rings. The van der Waals surface area contributed by atoms with Crippen LogP contribution in [0.25, 0.3) is 11.5 Å². The number of oxazole rings is 1. The molecule has 0 unspecified atom stereocenters. The SMILES string of the molecule is Fc1ccccc1-c1nc(CNCc2ccncc2)co1. The minimum Gasteiger partial charge on any atom is -0.444 e. The van der Waals surface area contributed by atoms with Crippen molar-refractivity contribution >= 4 is 0 Å². The number of aromatic nitrogens is 2. The van der Waals surface area contributed by atoms with Crippen molar-refractivity contribution in [2.45, 2.75) is 13.1 Å². The fourth-order valence-corrected chi connectivity index (χ4v) is 1.98. The Kier molecular flexibility index (Phi) is 4.02. The van der Waals surface area contributed by atoms with Crippen LogP contribution < -0.4 is 5.32 Å². The molecule has 2 heterocycles. The molecule has 3 aromatic rings. The first-order chi connectivity index (χ1) is 10.3. The van der Waals surface area contributed by atoms with Crippen molar-refractivity contribution in [2.24, 2.45) is 0 Å². The quantitative estimate of drug-likeness (QED) is 0.781. The number of hydrogen-bond donors (Lipinski definition) is 1. The van der Waals surface area contributed by atoms with E-state index >= 15 is 0 Å². The highest BCUT2D eigenvalue weighted by atomic mass is 19.1. The second-order valence-corrected chi connectivity index (χ2v) is 4.58. The Labute approximate surface area is 121 Å². The van der Waals surface area contributed by atoms with Crippen molar-refractivity contribution in [3.8, 4) is 11.5 Å². The summed E-state index contributed by atoms with van der Waals surface area (Å²) in [5, 5.41) is 3.25. The lowest BCUT2D eigenvalue weighted by Crippen LogP contribution is -2.12. The molecule has 21 heavy (non-hydrogen) atoms. The summed E-state index contributed by atoms with van der Waals surface area (Å²) in [4.78, 5) is 8.26. The molecule has 0 aliphatic heterocycles. The van der Waals surface area contributed by atoms with E-state index in [1.165, 1.54) is 6.07 Å². The van der Waals surface area contributed by atoms with Gasteiger partial charge in [0.1, 0.15) is 12.1 Å². The van der Waals surface area contributed by atoms with E-state index in [2.05, 4.69) is 15.3 Å². The first kappa shape index (κ1) is 13.5. The average Bonchev–Trinajstić information content (AvgIpc) is 2.97. The van der Waals surface area contributed by atoms with Crippen LogP contribution in [0.5, 0.6) is 0 Å². The fraction of sp³-hybridized carbons (Fsp3) is 0.125. The molecule has 0 atom stereocenters. The maximum absolute atomic E-state index is 13.6. The molecule has 0 aliphatic carbocycles. The molecule has 0 fully saturated rings. The Morgan fingerprint density at radius 1 is 1.05 bits per heavy atom. The molecule has 0 amide bonds. The Bertz CT molecular complexity index is 712. The molecule has 106 valence electrons. The summed E-state index contributed by atoms with van der Waals surface area (Å²) in [6, 6.07) is 10.3. The summed E-state index contributed by atoms with van der Waals surface area (Å²) in [6.07, 6.45) is 5.05. The van der Waals surface area contributed by atoms with Crippen LogP contribution in [0.4, 0.5) is 4.39 Å². The van der Waals surface area contributed by atoms with Crippen LogP contribution in [-0.4, -0.2) is 9.97 Å². The van der Waals surface area contributed by atoms with Crippen molar-refractivity contribution in [3.63, 3.8) is 0 Å². The van der Waals surface area contributed by atoms with E-state index in [0.717, 1.165) is 11.3 Å². The van der Waals surface area contributed by atoms with Gasteiger partial charge in [0.25, 0.3) is 0 Å². The van der Waals surface area contributed by atoms with Crippen LogP contribution in [0, 0.1) is 5.82 Å². The lowest BCUT2D eigenvalue weighted by Gasteiger charge is -2.01. The van der Waals surface area contributed by atoms with E-state index < -0.39 is 0 Å². The van der Waals surface area contributed by atoms with Crippen LogP contribution in [0.3, 0.4) is 0 Å². The lowest BCUT2D eigenvalue weighted by molar-refractivity contribution is 0.559. The molecule has 0 spiro atoms. The summed E-state index contributed by atoms with van der Waals surface area (Å²) in [5.74, 6) is -0.0375. The van der Waals surface area contributed by atoms with Crippen LogP contribution in [0.2, 0.25) is 0 Å². The smallest absolute Gasteiger partial charge is 0.229 e. The van der Waals surface area contributed by atoms with Gasteiger partial charge in [0, 0.05) is 25.5 Å². The zero-order valence-electron chi connectivity index (χ0n) is 11.3. The molecule has 2 aromatic heterocycles. The van der Waals surface area contributed by atoms with E-state index in [1.807, 2.05) is 12.1 Å². The van der Waals surface area contributed by atoms with Crippen LogP contribution >= 0.6 is 0 Å². The number of pyridine rings is 1. The Hall–Kier alpha value is -2.53. The molecular formula is C16H14FN3O.